The highest BCUT2D eigenvalue weighted by Crippen LogP contribution is 2.36. The van der Waals surface area contributed by atoms with Gasteiger partial charge in [-0.15, -0.1) is 0 Å². The number of nitrogens with zero attached hydrogens (tertiary/aromatic N) is 2. The maximum absolute atomic E-state index is 5.54. The van der Waals surface area contributed by atoms with Gasteiger partial charge in [0.1, 0.15) is 6.61 Å². The van der Waals surface area contributed by atoms with Gasteiger partial charge in [0, 0.05) is 29.4 Å². The van der Waals surface area contributed by atoms with Gasteiger partial charge >= 0.3 is 0 Å². The Hall–Kier alpha value is -0.870. The van der Waals surface area contributed by atoms with Crippen molar-refractivity contribution in [1.82, 2.24) is 9.27 Å². The largest absolute Gasteiger partial charge is 0.473 e. The Kier molecular flexibility index (Phi) is 3.07. The summed E-state index contributed by atoms with van der Waals surface area (Å²) in [6.07, 6.45) is 1.75. The minimum Gasteiger partial charge on any atom is -0.473 e. The van der Waals surface area contributed by atoms with E-state index in [1.54, 1.807) is 17.6 Å². The molecule has 1 aliphatic heterocycles. The summed E-state index contributed by atoms with van der Waals surface area (Å²) in [7, 11) is 2.13. The van der Waals surface area contributed by atoms with Crippen LogP contribution in [0.25, 0.3) is 0 Å². The van der Waals surface area contributed by atoms with Crippen LogP contribution in [0.5, 0.6) is 5.88 Å². The number of hydrogen-bond acceptors (Lipinski definition) is 4. The average Bonchev–Trinajstić information content (AvgIpc) is 2.58. The maximum atomic E-state index is 5.54. The number of aromatic nitrogens is 1. The van der Waals surface area contributed by atoms with Crippen molar-refractivity contribution in [3.05, 3.63) is 23.1 Å². The highest BCUT2D eigenvalue weighted by Gasteiger charge is 2.26. The summed E-state index contributed by atoms with van der Waals surface area (Å²) in [4.78, 5) is 3.69. The number of hydrogen-bond donors (Lipinski definition) is 0. The molecule has 0 radical (unpaired) electrons. The zero-order chi connectivity index (χ0) is 10.8. The molecule has 0 bridgehead atoms. The van der Waals surface area contributed by atoms with Crippen LogP contribution in [0.2, 0.25) is 0 Å². The Labute approximate surface area is 94.5 Å². The summed E-state index contributed by atoms with van der Waals surface area (Å²) in [5.41, 5.74) is 1.27. The quantitative estimate of drug-likeness (QED) is 0.736. The van der Waals surface area contributed by atoms with Gasteiger partial charge in [-0.25, -0.2) is 0 Å². The molecule has 2 heterocycles. The third-order valence-electron chi connectivity index (χ3n) is 2.58. The fourth-order valence-corrected chi connectivity index (χ4v) is 2.84. The molecule has 3 nitrogen and oxygen atoms in total. The molecule has 0 saturated carbocycles. The van der Waals surface area contributed by atoms with Gasteiger partial charge in [0.2, 0.25) is 5.88 Å². The predicted octanol–water partition coefficient (Wildman–Crippen LogP) is 2.26. The fourth-order valence-electron chi connectivity index (χ4n) is 1.98. The summed E-state index contributed by atoms with van der Waals surface area (Å²) in [5.74, 6) is 1.37. The minimum absolute atomic E-state index is 0.536. The Morgan fingerprint density at radius 1 is 1.73 bits per heavy atom. The van der Waals surface area contributed by atoms with Crippen molar-refractivity contribution >= 4 is 11.5 Å². The lowest BCUT2D eigenvalue weighted by atomic mass is 10.0. The molecule has 0 spiro atoms. The Bertz CT molecular complexity index is 361. The monoisotopic (exact) mass is 224 g/mol. The first kappa shape index (κ1) is 10.6. The van der Waals surface area contributed by atoms with Gasteiger partial charge in [-0.05, 0) is 18.6 Å². The first-order valence-electron chi connectivity index (χ1n) is 5.13. The molecule has 0 aliphatic carbocycles. The van der Waals surface area contributed by atoms with E-state index in [4.69, 9.17) is 4.74 Å². The van der Waals surface area contributed by atoms with E-state index in [0.717, 1.165) is 19.0 Å². The first-order chi connectivity index (χ1) is 7.22. The van der Waals surface area contributed by atoms with Crippen molar-refractivity contribution in [3.8, 4) is 5.88 Å². The molecule has 0 aromatic carbocycles. The molecule has 2 rings (SSSR count). The smallest absolute Gasteiger partial charge is 0.230 e. The van der Waals surface area contributed by atoms with Crippen molar-refractivity contribution in [1.29, 1.82) is 0 Å². The van der Waals surface area contributed by atoms with Crippen LogP contribution in [-0.4, -0.2) is 29.5 Å². The van der Waals surface area contributed by atoms with Gasteiger partial charge in [-0.2, -0.15) is 4.37 Å². The fraction of sp³-hybridized carbons (Fsp3) is 0.545. The van der Waals surface area contributed by atoms with Gasteiger partial charge < -0.3 is 9.64 Å². The molecule has 1 unspecified atom stereocenters. The molecule has 1 aliphatic rings. The second-order valence-corrected chi connectivity index (χ2v) is 4.83. The molecular weight excluding hydrogens is 208 g/mol. The summed E-state index contributed by atoms with van der Waals surface area (Å²) >= 11 is 1.58. The average molecular weight is 224 g/mol. The van der Waals surface area contributed by atoms with Crippen LogP contribution in [0.3, 0.4) is 0 Å². The van der Waals surface area contributed by atoms with E-state index < -0.39 is 0 Å². The summed E-state index contributed by atoms with van der Waals surface area (Å²) < 4.78 is 9.91. The van der Waals surface area contributed by atoms with E-state index in [2.05, 4.69) is 29.8 Å². The molecule has 1 aromatic heterocycles. The Morgan fingerprint density at radius 3 is 3.27 bits per heavy atom. The van der Waals surface area contributed by atoms with Crippen molar-refractivity contribution in [2.24, 2.45) is 0 Å². The molecule has 15 heavy (non-hydrogen) atoms. The Morgan fingerprint density at radius 2 is 2.53 bits per heavy atom. The second kappa shape index (κ2) is 4.33. The van der Waals surface area contributed by atoms with Gasteiger partial charge in [0.25, 0.3) is 0 Å². The number of likely N-dealkylation sites (N-methyl/N-ethyl adjacent to an activating group) is 1. The molecule has 0 N–H and O–H groups in total. The molecular formula is C11H16N2OS. The summed E-state index contributed by atoms with van der Waals surface area (Å²) in [6.45, 7) is 8.47. The van der Waals surface area contributed by atoms with Crippen molar-refractivity contribution < 1.29 is 4.74 Å². The van der Waals surface area contributed by atoms with Crippen LogP contribution in [0, 0.1) is 0 Å². The van der Waals surface area contributed by atoms with Crippen molar-refractivity contribution in [2.75, 3.05) is 20.2 Å². The van der Waals surface area contributed by atoms with Crippen molar-refractivity contribution in [2.45, 2.75) is 19.4 Å². The zero-order valence-electron chi connectivity index (χ0n) is 9.19. The molecule has 1 aromatic rings. The summed E-state index contributed by atoms with van der Waals surface area (Å²) in [6, 6.07) is 0. The van der Waals surface area contributed by atoms with E-state index in [0.29, 0.717) is 12.5 Å². The predicted molar refractivity (Wildman–Crippen MR) is 62.6 cm³/mol. The number of rotatable bonds is 3. The van der Waals surface area contributed by atoms with Gasteiger partial charge in [0.05, 0.1) is 0 Å². The molecule has 82 valence electrons. The summed E-state index contributed by atoms with van der Waals surface area (Å²) in [5, 5.41) is 0. The SMILES string of the molecule is C=CCOc1nsc2c1CN(C)CC2C. The van der Waals surface area contributed by atoms with Crippen LogP contribution in [0.15, 0.2) is 12.7 Å². The lowest BCUT2D eigenvalue weighted by molar-refractivity contribution is 0.277. The first-order valence-corrected chi connectivity index (χ1v) is 5.90. The Balaban J connectivity index is 2.24. The van der Waals surface area contributed by atoms with Gasteiger partial charge in [0.15, 0.2) is 0 Å². The topological polar surface area (TPSA) is 25.4 Å². The van der Waals surface area contributed by atoms with E-state index in [9.17, 15) is 0 Å². The van der Waals surface area contributed by atoms with E-state index in [-0.39, 0.29) is 0 Å². The standard InChI is InChI=1S/C11H16N2OS/c1-4-5-14-11-9-7-13(3)6-8(2)10(9)15-12-11/h4,8H,1,5-7H2,2-3H3. The van der Waals surface area contributed by atoms with Crippen molar-refractivity contribution in [3.63, 3.8) is 0 Å². The minimum atomic E-state index is 0.536. The highest BCUT2D eigenvalue weighted by molar-refractivity contribution is 7.06. The van der Waals surface area contributed by atoms with Crippen LogP contribution < -0.4 is 4.74 Å². The third-order valence-corrected chi connectivity index (χ3v) is 3.68. The third kappa shape index (κ3) is 2.06. The molecule has 0 saturated heterocycles. The number of fused-ring (bicyclic) bond motifs is 1. The van der Waals surface area contributed by atoms with Crippen LogP contribution in [0.4, 0.5) is 0 Å². The lowest BCUT2D eigenvalue weighted by Gasteiger charge is -2.27. The number of ether oxygens (including phenoxy) is 1. The molecule has 0 amide bonds. The maximum Gasteiger partial charge on any atom is 0.230 e. The lowest BCUT2D eigenvalue weighted by Crippen LogP contribution is -2.28. The molecule has 1 atom stereocenters. The van der Waals surface area contributed by atoms with E-state index >= 15 is 0 Å². The van der Waals surface area contributed by atoms with Crippen LogP contribution in [-0.2, 0) is 6.54 Å². The van der Waals surface area contributed by atoms with E-state index in [1.165, 1.54) is 10.4 Å². The zero-order valence-corrected chi connectivity index (χ0v) is 10.0. The van der Waals surface area contributed by atoms with Crippen LogP contribution >= 0.6 is 11.5 Å². The highest BCUT2D eigenvalue weighted by atomic mass is 32.1. The molecule has 4 heteroatoms. The van der Waals surface area contributed by atoms with Gasteiger partial charge in [-0.1, -0.05) is 19.6 Å². The second-order valence-electron chi connectivity index (χ2n) is 4.03. The van der Waals surface area contributed by atoms with E-state index in [1.807, 2.05) is 0 Å². The normalized spacial score (nSPS) is 21.1. The van der Waals surface area contributed by atoms with Gasteiger partial charge in [-0.3, -0.25) is 0 Å². The van der Waals surface area contributed by atoms with Crippen LogP contribution in [0.1, 0.15) is 23.3 Å². The molecule has 0 fully saturated rings.